The van der Waals surface area contributed by atoms with E-state index in [1.807, 2.05) is 13.8 Å². The number of nitrogens with zero attached hydrogens (tertiary/aromatic N) is 2. The fraction of sp³-hybridized carbons (Fsp3) is 0.350. The molecule has 0 aliphatic carbocycles. The number of aliphatic hydroxyl groups is 1. The Bertz CT molecular complexity index is 1060. The number of aliphatic hydroxyl groups excluding tert-OH is 1. The summed E-state index contributed by atoms with van der Waals surface area (Å²) < 4.78 is 54.2. The second-order valence-electron chi connectivity index (χ2n) is 7.20. The number of hydrogen-bond acceptors (Lipinski definition) is 5. The molecule has 157 valence electrons. The molecule has 2 unspecified atom stereocenters. The van der Waals surface area contributed by atoms with Crippen LogP contribution in [0.1, 0.15) is 11.1 Å². The van der Waals surface area contributed by atoms with Crippen LogP contribution in [0.4, 0.5) is 0 Å². The van der Waals surface area contributed by atoms with Crippen molar-refractivity contribution in [1.29, 1.82) is 0 Å². The van der Waals surface area contributed by atoms with Gasteiger partial charge < -0.3 is 5.11 Å². The highest BCUT2D eigenvalue weighted by molar-refractivity contribution is 7.89. The summed E-state index contributed by atoms with van der Waals surface area (Å²) in [5.41, 5.74) is 1.84. The van der Waals surface area contributed by atoms with Crippen molar-refractivity contribution < 1.29 is 21.9 Å². The van der Waals surface area contributed by atoms with E-state index in [1.54, 1.807) is 24.3 Å². The van der Waals surface area contributed by atoms with Gasteiger partial charge in [-0.15, -0.1) is 0 Å². The second-order valence-corrected chi connectivity index (χ2v) is 11.0. The molecule has 2 aromatic carbocycles. The molecule has 2 aromatic rings. The molecule has 1 N–H and O–H groups in total. The average molecular weight is 438 g/mol. The van der Waals surface area contributed by atoms with Crippen molar-refractivity contribution in [1.82, 2.24) is 8.61 Å². The van der Waals surface area contributed by atoms with Crippen LogP contribution in [-0.2, 0) is 20.0 Å². The molecule has 3 rings (SSSR count). The lowest BCUT2D eigenvalue weighted by atomic mass is 10.2. The molecule has 9 heteroatoms. The van der Waals surface area contributed by atoms with E-state index in [0.717, 1.165) is 19.7 Å². The molecule has 1 aliphatic rings. The molecule has 0 amide bonds. The predicted molar refractivity (Wildman–Crippen MR) is 110 cm³/mol. The first-order valence-corrected chi connectivity index (χ1v) is 12.1. The minimum Gasteiger partial charge on any atom is -0.390 e. The summed E-state index contributed by atoms with van der Waals surface area (Å²) in [6.45, 7) is 6.95. The van der Waals surface area contributed by atoms with Crippen molar-refractivity contribution in [2.75, 3.05) is 19.6 Å². The zero-order chi connectivity index (χ0) is 21.4. The predicted octanol–water partition coefficient (Wildman–Crippen LogP) is 1.56. The fourth-order valence-corrected chi connectivity index (χ4v) is 6.41. The number of rotatable bonds is 6. The minimum absolute atomic E-state index is 0.0822. The van der Waals surface area contributed by atoms with Crippen molar-refractivity contribution in [3.63, 3.8) is 0 Å². The topological polar surface area (TPSA) is 95.0 Å². The van der Waals surface area contributed by atoms with Crippen molar-refractivity contribution in [3.8, 4) is 0 Å². The summed E-state index contributed by atoms with van der Waals surface area (Å²) in [6.07, 6.45) is -1.16. The van der Waals surface area contributed by atoms with Gasteiger partial charge in [-0.2, -0.15) is 8.61 Å². The largest absolute Gasteiger partial charge is 0.390 e. The van der Waals surface area contributed by atoms with Gasteiger partial charge >= 0.3 is 0 Å². The third kappa shape index (κ3) is 4.24. The molecule has 1 radical (unpaired) electrons. The Morgan fingerprint density at radius 3 is 1.90 bits per heavy atom. The third-order valence-corrected chi connectivity index (χ3v) is 8.89. The van der Waals surface area contributed by atoms with Gasteiger partial charge in [0.1, 0.15) is 0 Å². The average Bonchev–Trinajstić information content (AvgIpc) is 3.05. The maximum Gasteiger partial charge on any atom is 0.243 e. The monoisotopic (exact) mass is 437 g/mol. The van der Waals surface area contributed by atoms with Gasteiger partial charge in [0.05, 0.1) is 21.9 Å². The standard InChI is InChI=1S/C20H25N2O5S2/c1-4-22(29(26,27)18-11-7-16(3)8-12-18)19-13-21(14-20(19)23)28(24,25)17-9-5-15(2)6-10-17/h5-12,19-20,23H,1,4,13-14H2,2-3H3. The summed E-state index contributed by atoms with van der Waals surface area (Å²) in [5.74, 6) is 0. The van der Waals surface area contributed by atoms with Crippen LogP contribution < -0.4 is 0 Å². The van der Waals surface area contributed by atoms with E-state index in [1.165, 1.54) is 24.3 Å². The molecule has 1 aliphatic heterocycles. The zero-order valence-corrected chi connectivity index (χ0v) is 18.0. The molecule has 0 saturated carbocycles. The highest BCUT2D eigenvalue weighted by Crippen LogP contribution is 2.28. The Labute approximate surface area is 172 Å². The van der Waals surface area contributed by atoms with E-state index in [-0.39, 0.29) is 29.4 Å². The van der Waals surface area contributed by atoms with Crippen LogP contribution in [0, 0.1) is 20.8 Å². The van der Waals surface area contributed by atoms with E-state index in [0.29, 0.717) is 0 Å². The second kappa shape index (κ2) is 8.16. The zero-order valence-electron chi connectivity index (χ0n) is 16.4. The number of β-amino-alcohol motifs (C(OH)–C–C–N with tert-alkyl or cyclic N) is 1. The number of benzene rings is 2. The van der Waals surface area contributed by atoms with Gasteiger partial charge in [-0.3, -0.25) is 0 Å². The van der Waals surface area contributed by atoms with Crippen molar-refractivity contribution in [2.45, 2.75) is 35.8 Å². The van der Waals surface area contributed by atoms with Crippen molar-refractivity contribution in [3.05, 3.63) is 66.6 Å². The van der Waals surface area contributed by atoms with Crippen molar-refractivity contribution in [2.24, 2.45) is 0 Å². The Balaban J connectivity index is 1.89. The summed E-state index contributed by atoms with van der Waals surface area (Å²) in [4.78, 5) is 0.192. The fourth-order valence-electron chi connectivity index (χ4n) is 3.38. The Hall–Kier alpha value is -1.78. The van der Waals surface area contributed by atoms with Crippen LogP contribution >= 0.6 is 0 Å². The number of aryl methyl sites for hydroxylation is 2. The van der Waals surface area contributed by atoms with E-state index in [4.69, 9.17) is 0 Å². The van der Waals surface area contributed by atoms with E-state index < -0.39 is 32.2 Å². The van der Waals surface area contributed by atoms with E-state index in [2.05, 4.69) is 6.92 Å². The summed E-state index contributed by atoms with van der Waals surface area (Å²) in [5, 5.41) is 10.5. The Morgan fingerprint density at radius 1 is 0.931 bits per heavy atom. The van der Waals surface area contributed by atoms with Crippen LogP contribution in [0.5, 0.6) is 0 Å². The molecular formula is C20H25N2O5S2. The molecular weight excluding hydrogens is 412 g/mol. The van der Waals surface area contributed by atoms with Gasteiger partial charge in [0, 0.05) is 19.6 Å². The van der Waals surface area contributed by atoms with Gasteiger partial charge in [-0.05, 0) is 45.0 Å². The molecule has 29 heavy (non-hydrogen) atoms. The smallest absolute Gasteiger partial charge is 0.243 e. The van der Waals surface area contributed by atoms with Crippen LogP contribution in [0.3, 0.4) is 0 Å². The lowest BCUT2D eigenvalue weighted by Crippen LogP contribution is -2.46. The van der Waals surface area contributed by atoms with Gasteiger partial charge in [0.25, 0.3) is 0 Å². The van der Waals surface area contributed by atoms with Crippen LogP contribution in [-0.4, -0.2) is 62.3 Å². The summed E-state index contributed by atoms with van der Waals surface area (Å²) >= 11 is 0. The maximum atomic E-state index is 13.1. The first kappa shape index (κ1) is 21.9. The van der Waals surface area contributed by atoms with E-state index in [9.17, 15) is 21.9 Å². The number of hydrogen-bond donors (Lipinski definition) is 1. The first-order chi connectivity index (χ1) is 13.6. The molecule has 1 fully saturated rings. The minimum atomic E-state index is -3.93. The Kier molecular flexibility index (Phi) is 6.16. The van der Waals surface area contributed by atoms with Gasteiger partial charge in [-0.25, -0.2) is 16.8 Å². The SMILES string of the molecule is [CH2]CN(C1CN(S(=O)(=O)c2ccc(C)cc2)CC1O)S(=O)(=O)c1ccc(C)cc1. The normalized spacial score (nSPS) is 21.0. The summed E-state index contributed by atoms with van der Waals surface area (Å²) in [7, 11) is -7.78. The first-order valence-electron chi connectivity index (χ1n) is 9.20. The molecule has 0 spiro atoms. The Morgan fingerprint density at radius 2 is 1.41 bits per heavy atom. The quantitative estimate of drug-likeness (QED) is 0.740. The lowest BCUT2D eigenvalue weighted by Gasteiger charge is -2.28. The van der Waals surface area contributed by atoms with Crippen LogP contribution in [0.15, 0.2) is 58.3 Å². The molecule has 7 nitrogen and oxygen atoms in total. The van der Waals surface area contributed by atoms with Gasteiger partial charge in [0.15, 0.2) is 0 Å². The van der Waals surface area contributed by atoms with Gasteiger partial charge in [-0.1, -0.05) is 35.4 Å². The summed E-state index contributed by atoms with van der Waals surface area (Å²) in [6, 6.07) is 11.9. The molecule has 1 saturated heterocycles. The maximum absolute atomic E-state index is 13.1. The number of sulfonamides is 2. The van der Waals surface area contributed by atoms with Crippen LogP contribution in [0.25, 0.3) is 0 Å². The third-order valence-electron chi connectivity index (χ3n) is 5.10. The highest BCUT2D eigenvalue weighted by atomic mass is 32.2. The van der Waals surface area contributed by atoms with E-state index >= 15 is 0 Å². The van der Waals surface area contributed by atoms with Crippen LogP contribution in [0.2, 0.25) is 0 Å². The van der Waals surface area contributed by atoms with Gasteiger partial charge in [0.2, 0.25) is 20.0 Å². The molecule has 1 heterocycles. The molecule has 0 aromatic heterocycles. The lowest BCUT2D eigenvalue weighted by molar-refractivity contribution is 0.130. The molecule has 2 atom stereocenters. The highest BCUT2D eigenvalue weighted by Gasteiger charge is 2.44. The van der Waals surface area contributed by atoms with Crippen molar-refractivity contribution >= 4 is 20.0 Å². The molecule has 0 bridgehead atoms.